The van der Waals surface area contributed by atoms with Crippen molar-refractivity contribution in [3.63, 3.8) is 0 Å². The van der Waals surface area contributed by atoms with Gasteiger partial charge in [-0.3, -0.25) is 4.68 Å². The maximum atomic E-state index is 8.88. The molecule has 0 radical (unpaired) electrons. The summed E-state index contributed by atoms with van der Waals surface area (Å²) in [6, 6.07) is 20.7. The lowest BCUT2D eigenvalue weighted by Gasteiger charge is -2.08. The Morgan fingerprint density at radius 3 is 2.67 bits per heavy atom. The molecule has 0 unspecified atom stereocenters. The second kappa shape index (κ2) is 9.38. The highest BCUT2D eigenvalue weighted by Gasteiger charge is 2.11. The Morgan fingerprint density at radius 2 is 1.83 bits per heavy atom. The van der Waals surface area contributed by atoms with E-state index < -0.39 is 0 Å². The molecular formula is C24H26N6. The van der Waals surface area contributed by atoms with E-state index in [1.54, 1.807) is 0 Å². The summed E-state index contributed by atoms with van der Waals surface area (Å²) in [7, 11) is 0. The minimum Gasteiger partial charge on any atom is -0.328 e. The summed E-state index contributed by atoms with van der Waals surface area (Å²) >= 11 is 0. The normalized spacial score (nSPS) is 11.1. The van der Waals surface area contributed by atoms with Crippen LogP contribution in [-0.4, -0.2) is 25.9 Å². The summed E-state index contributed by atoms with van der Waals surface area (Å²) in [5.74, 6) is 1.06. The Hall–Kier alpha value is -3.43. The number of imidazole rings is 1. The SMILES string of the molecule is Cc1nc2ccccc2n1CCCNCc1cn(CCC#N)nc1-c1ccccc1. The summed E-state index contributed by atoms with van der Waals surface area (Å²) < 4.78 is 4.16. The molecule has 6 heteroatoms. The lowest BCUT2D eigenvalue weighted by molar-refractivity contribution is 0.580. The molecule has 0 aliphatic carbocycles. The first-order valence-corrected chi connectivity index (χ1v) is 10.4. The quantitative estimate of drug-likeness (QED) is 0.427. The number of hydrogen-bond acceptors (Lipinski definition) is 4. The predicted molar refractivity (Wildman–Crippen MR) is 119 cm³/mol. The van der Waals surface area contributed by atoms with Gasteiger partial charge in [0.15, 0.2) is 0 Å². The van der Waals surface area contributed by atoms with Crippen molar-refractivity contribution in [1.82, 2.24) is 24.6 Å². The van der Waals surface area contributed by atoms with Gasteiger partial charge in [0, 0.05) is 30.4 Å². The van der Waals surface area contributed by atoms with Gasteiger partial charge in [-0.1, -0.05) is 42.5 Å². The monoisotopic (exact) mass is 398 g/mol. The van der Waals surface area contributed by atoms with Crippen LogP contribution in [0.2, 0.25) is 0 Å². The zero-order chi connectivity index (χ0) is 20.8. The Kier molecular flexibility index (Phi) is 6.21. The summed E-state index contributed by atoms with van der Waals surface area (Å²) in [5.41, 5.74) is 5.49. The number of fused-ring (bicyclic) bond motifs is 1. The van der Waals surface area contributed by atoms with Gasteiger partial charge < -0.3 is 9.88 Å². The number of para-hydroxylation sites is 2. The maximum absolute atomic E-state index is 8.88. The molecular weight excluding hydrogens is 372 g/mol. The van der Waals surface area contributed by atoms with Crippen LogP contribution < -0.4 is 5.32 Å². The average molecular weight is 399 g/mol. The van der Waals surface area contributed by atoms with Gasteiger partial charge in [0.2, 0.25) is 0 Å². The molecule has 0 fully saturated rings. The molecule has 0 spiro atoms. The first kappa shape index (κ1) is 19.9. The van der Waals surface area contributed by atoms with Crippen LogP contribution in [0.5, 0.6) is 0 Å². The third kappa shape index (κ3) is 4.42. The molecule has 6 nitrogen and oxygen atoms in total. The van der Waals surface area contributed by atoms with E-state index in [1.807, 2.05) is 28.9 Å². The number of nitriles is 1. The van der Waals surface area contributed by atoms with E-state index in [0.717, 1.165) is 54.2 Å². The van der Waals surface area contributed by atoms with Crippen LogP contribution in [0.25, 0.3) is 22.3 Å². The fraction of sp³-hybridized carbons (Fsp3) is 0.292. The minimum absolute atomic E-state index is 0.459. The molecule has 1 N–H and O–H groups in total. The average Bonchev–Trinajstić information content (AvgIpc) is 3.33. The molecule has 4 aromatic rings. The van der Waals surface area contributed by atoms with Crippen molar-refractivity contribution in [3.8, 4) is 17.3 Å². The van der Waals surface area contributed by atoms with E-state index in [4.69, 9.17) is 10.4 Å². The minimum atomic E-state index is 0.459. The van der Waals surface area contributed by atoms with Gasteiger partial charge in [0.05, 0.1) is 35.8 Å². The fourth-order valence-corrected chi connectivity index (χ4v) is 3.77. The maximum Gasteiger partial charge on any atom is 0.106 e. The number of hydrogen-bond donors (Lipinski definition) is 1. The molecule has 30 heavy (non-hydrogen) atoms. The molecule has 2 aromatic carbocycles. The highest BCUT2D eigenvalue weighted by atomic mass is 15.3. The van der Waals surface area contributed by atoms with Crippen LogP contribution in [0, 0.1) is 18.3 Å². The van der Waals surface area contributed by atoms with Gasteiger partial charge in [-0.25, -0.2) is 4.98 Å². The topological polar surface area (TPSA) is 71.5 Å². The van der Waals surface area contributed by atoms with E-state index >= 15 is 0 Å². The molecule has 0 bridgehead atoms. The van der Waals surface area contributed by atoms with E-state index in [-0.39, 0.29) is 0 Å². The number of rotatable bonds is 9. The summed E-state index contributed by atoms with van der Waals surface area (Å²) in [6.45, 7) is 5.27. The second-order valence-corrected chi connectivity index (χ2v) is 7.37. The molecule has 0 amide bonds. The largest absolute Gasteiger partial charge is 0.328 e. The van der Waals surface area contributed by atoms with Crippen LogP contribution in [0.4, 0.5) is 0 Å². The molecule has 0 atom stereocenters. The molecule has 4 rings (SSSR count). The smallest absolute Gasteiger partial charge is 0.106 e. The van der Waals surface area contributed by atoms with E-state index in [2.05, 4.69) is 64.4 Å². The van der Waals surface area contributed by atoms with Crippen LogP contribution in [0.3, 0.4) is 0 Å². The molecule has 152 valence electrons. The van der Waals surface area contributed by atoms with Crippen LogP contribution in [0.15, 0.2) is 60.8 Å². The number of benzene rings is 2. The van der Waals surface area contributed by atoms with Crippen molar-refractivity contribution in [2.75, 3.05) is 6.54 Å². The molecule has 2 heterocycles. The summed E-state index contributed by atoms with van der Waals surface area (Å²) in [6.07, 6.45) is 3.53. The number of nitrogens with zero attached hydrogens (tertiary/aromatic N) is 5. The van der Waals surface area contributed by atoms with Gasteiger partial charge in [-0.05, 0) is 32.0 Å². The van der Waals surface area contributed by atoms with Crippen molar-refractivity contribution < 1.29 is 0 Å². The predicted octanol–water partition coefficient (Wildman–Crippen LogP) is 4.30. The van der Waals surface area contributed by atoms with Crippen LogP contribution in [0.1, 0.15) is 24.2 Å². The van der Waals surface area contributed by atoms with Crippen LogP contribution in [-0.2, 0) is 19.6 Å². The van der Waals surface area contributed by atoms with Crippen molar-refractivity contribution in [2.45, 2.75) is 39.4 Å². The van der Waals surface area contributed by atoms with Gasteiger partial charge in [-0.15, -0.1) is 0 Å². The van der Waals surface area contributed by atoms with E-state index in [0.29, 0.717) is 13.0 Å². The highest BCUT2D eigenvalue weighted by Crippen LogP contribution is 2.22. The zero-order valence-electron chi connectivity index (χ0n) is 17.3. The summed E-state index contributed by atoms with van der Waals surface area (Å²) in [4.78, 5) is 4.64. The molecule has 0 saturated heterocycles. The Balaban J connectivity index is 1.38. The first-order chi connectivity index (χ1) is 14.8. The number of aromatic nitrogens is 4. The standard InChI is InChI=1S/C24H26N6/c1-19-27-22-11-5-6-12-23(22)30(19)16-8-14-26-17-21-18-29(15-7-13-25)28-24(21)20-9-3-2-4-10-20/h2-6,9-12,18,26H,7-8,14-17H2,1H3. The molecule has 0 aliphatic rings. The van der Waals surface area contributed by atoms with Gasteiger partial charge in [0.25, 0.3) is 0 Å². The van der Waals surface area contributed by atoms with Gasteiger partial charge in [0.1, 0.15) is 5.82 Å². The third-order valence-corrected chi connectivity index (χ3v) is 5.23. The number of aryl methyl sites for hydroxylation is 3. The van der Waals surface area contributed by atoms with Crippen molar-refractivity contribution in [1.29, 1.82) is 5.26 Å². The summed E-state index contributed by atoms with van der Waals surface area (Å²) in [5, 5.41) is 17.2. The van der Waals surface area contributed by atoms with Crippen molar-refractivity contribution in [3.05, 3.63) is 72.2 Å². The second-order valence-electron chi connectivity index (χ2n) is 7.37. The lowest BCUT2D eigenvalue weighted by Crippen LogP contribution is -2.17. The Labute approximate surface area is 176 Å². The first-order valence-electron chi connectivity index (χ1n) is 10.4. The zero-order valence-corrected chi connectivity index (χ0v) is 17.3. The number of nitrogens with one attached hydrogen (secondary N) is 1. The molecule has 2 aromatic heterocycles. The highest BCUT2D eigenvalue weighted by molar-refractivity contribution is 5.75. The van der Waals surface area contributed by atoms with Crippen LogP contribution >= 0.6 is 0 Å². The third-order valence-electron chi connectivity index (χ3n) is 5.23. The van der Waals surface area contributed by atoms with E-state index in [1.165, 1.54) is 5.52 Å². The Bertz CT molecular complexity index is 1150. The fourth-order valence-electron chi connectivity index (χ4n) is 3.77. The van der Waals surface area contributed by atoms with Crippen molar-refractivity contribution in [2.24, 2.45) is 0 Å². The van der Waals surface area contributed by atoms with E-state index in [9.17, 15) is 0 Å². The molecule has 0 saturated carbocycles. The van der Waals surface area contributed by atoms with Gasteiger partial charge >= 0.3 is 0 Å². The Morgan fingerprint density at radius 1 is 1.03 bits per heavy atom. The van der Waals surface area contributed by atoms with Crippen molar-refractivity contribution >= 4 is 11.0 Å². The van der Waals surface area contributed by atoms with Gasteiger partial charge in [-0.2, -0.15) is 10.4 Å². The molecule has 0 aliphatic heterocycles. The lowest BCUT2D eigenvalue weighted by atomic mass is 10.1.